The van der Waals surface area contributed by atoms with Crippen molar-refractivity contribution in [3.8, 4) is 5.75 Å². The van der Waals surface area contributed by atoms with Gasteiger partial charge in [-0.05, 0) is 74.6 Å². The molecule has 0 aliphatic carbocycles. The van der Waals surface area contributed by atoms with Crippen LogP contribution in [0, 0.1) is 0 Å². The molecule has 2 aliphatic heterocycles. The number of fused-ring (bicyclic) bond motifs is 2. The zero-order valence-corrected chi connectivity index (χ0v) is 17.0. The predicted octanol–water partition coefficient (Wildman–Crippen LogP) is 5.26. The number of phenolic OH excluding ortho intramolecular Hbond substituents is 1. The van der Waals surface area contributed by atoms with Crippen molar-refractivity contribution in [2.45, 2.75) is 67.0 Å². The molecule has 2 aromatic carbocycles. The first kappa shape index (κ1) is 19.1. The average Bonchev–Trinajstić information content (AvgIpc) is 2.93. The molecule has 2 aromatic rings. The summed E-state index contributed by atoms with van der Waals surface area (Å²) in [6.07, 6.45) is 4.23. The number of hydrogen-bond donors (Lipinski definition) is 2. The fourth-order valence-electron chi connectivity index (χ4n) is 4.74. The Balaban J connectivity index is 1.42. The van der Waals surface area contributed by atoms with Crippen LogP contribution in [0.25, 0.3) is 0 Å². The Morgan fingerprint density at radius 1 is 1.00 bits per heavy atom. The number of piperidine rings is 1. The Morgan fingerprint density at radius 2 is 1.59 bits per heavy atom. The molecule has 0 amide bonds. The zero-order chi connectivity index (χ0) is 19.0. The van der Waals surface area contributed by atoms with Crippen molar-refractivity contribution in [3.05, 3.63) is 59.1 Å². The van der Waals surface area contributed by atoms with Gasteiger partial charge in [0.05, 0.1) is 6.10 Å². The summed E-state index contributed by atoms with van der Waals surface area (Å²) < 4.78 is 0. The van der Waals surface area contributed by atoms with Gasteiger partial charge >= 0.3 is 0 Å². The van der Waals surface area contributed by atoms with Crippen molar-refractivity contribution in [2.24, 2.45) is 0 Å². The van der Waals surface area contributed by atoms with E-state index in [9.17, 15) is 10.2 Å². The molecular weight excluding hydrogens is 378 g/mol. The van der Waals surface area contributed by atoms with Gasteiger partial charge in [-0.3, -0.25) is 4.90 Å². The normalized spacial score (nSPS) is 27.4. The Kier molecular flexibility index (Phi) is 5.70. The molecule has 0 aromatic heterocycles. The van der Waals surface area contributed by atoms with Crippen LogP contribution in [0.1, 0.15) is 44.3 Å². The monoisotopic (exact) mass is 403 g/mol. The second-order valence-electron chi connectivity index (χ2n) is 7.77. The molecule has 144 valence electrons. The van der Waals surface area contributed by atoms with Crippen LogP contribution in [0.15, 0.2) is 53.4 Å². The quantitative estimate of drug-likeness (QED) is 0.715. The van der Waals surface area contributed by atoms with Crippen molar-refractivity contribution >= 4 is 23.4 Å². The van der Waals surface area contributed by atoms with Crippen LogP contribution in [0.5, 0.6) is 5.75 Å². The lowest BCUT2D eigenvalue weighted by molar-refractivity contribution is 0.0115. The number of nitrogens with zero attached hydrogens (tertiary/aromatic N) is 1. The van der Waals surface area contributed by atoms with Crippen LogP contribution in [0.4, 0.5) is 0 Å². The molecule has 2 unspecified atom stereocenters. The molecule has 2 saturated heterocycles. The van der Waals surface area contributed by atoms with Crippen LogP contribution < -0.4 is 0 Å². The first-order chi connectivity index (χ1) is 13.0. The SMILES string of the molecule is C[C@@H]([C@@H](O)c1ccc(O)cc1)N1C2CCC1CC(Sc1ccc(Cl)cc1)C2. The van der Waals surface area contributed by atoms with Crippen molar-refractivity contribution in [2.75, 3.05) is 0 Å². The molecule has 0 radical (unpaired) electrons. The van der Waals surface area contributed by atoms with Gasteiger partial charge in [0.15, 0.2) is 0 Å². The summed E-state index contributed by atoms with van der Waals surface area (Å²) in [7, 11) is 0. The number of thioether (sulfide) groups is 1. The summed E-state index contributed by atoms with van der Waals surface area (Å²) in [4.78, 5) is 3.84. The van der Waals surface area contributed by atoms with E-state index in [0.717, 1.165) is 23.4 Å². The van der Waals surface area contributed by atoms with Crippen LogP contribution in [0.3, 0.4) is 0 Å². The number of phenols is 1. The predicted molar refractivity (Wildman–Crippen MR) is 112 cm³/mol. The summed E-state index contributed by atoms with van der Waals surface area (Å²) in [5.41, 5.74) is 0.873. The number of aromatic hydroxyl groups is 1. The van der Waals surface area contributed by atoms with Gasteiger partial charge in [-0.25, -0.2) is 0 Å². The smallest absolute Gasteiger partial charge is 0.115 e. The molecule has 5 heteroatoms. The number of benzene rings is 2. The lowest BCUT2D eigenvalue weighted by Gasteiger charge is -2.43. The molecule has 4 rings (SSSR count). The average molecular weight is 404 g/mol. The van der Waals surface area contributed by atoms with Gasteiger partial charge in [0.2, 0.25) is 0 Å². The van der Waals surface area contributed by atoms with E-state index in [1.54, 1.807) is 12.1 Å². The second kappa shape index (κ2) is 8.04. The minimum Gasteiger partial charge on any atom is -0.508 e. The van der Waals surface area contributed by atoms with E-state index < -0.39 is 6.10 Å². The molecule has 2 aliphatic rings. The first-order valence-corrected chi connectivity index (χ1v) is 10.9. The zero-order valence-electron chi connectivity index (χ0n) is 15.5. The maximum atomic E-state index is 10.9. The molecule has 2 heterocycles. The highest BCUT2D eigenvalue weighted by Gasteiger charge is 2.44. The number of aliphatic hydroxyl groups is 1. The Morgan fingerprint density at radius 3 is 2.19 bits per heavy atom. The maximum Gasteiger partial charge on any atom is 0.115 e. The highest BCUT2D eigenvalue weighted by atomic mass is 35.5. The van der Waals surface area contributed by atoms with Crippen molar-refractivity contribution in [1.29, 1.82) is 0 Å². The Hall–Kier alpha value is -1.20. The minimum absolute atomic E-state index is 0.0773. The van der Waals surface area contributed by atoms with Crippen molar-refractivity contribution in [1.82, 2.24) is 4.90 Å². The van der Waals surface area contributed by atoms with E-state index in [1.807, 2.05) is 36.0 Å². The summed E-state index contributed by atoms with van der Waals surface area (Å²) in [6.45, 7) is 2.13. The standard InChI is InChI=1S/C22H26ClNO2S/c1-14(22(26)15-2-8-19(25)9-3-15)24-17-6-7-18(24)13-21(12-17)27-20-10-4-16(23)5-11-20/h2-5,8-11,14,17-18,21-22,25-26H,6-7,12-13H2,1H3/t14-,17?,18?,21?,22+/m0/s1. The van der Waals surface area contributed by atoms with Gasteiger partial charge in [0.25, 0.3) is 0 Å². The molecule has 4 atom stereocenters. The second-order valence-corrected chi connectivity index (χ2v) is 9.58. The van der Waals surface area contributed by atoms with Gasteiger partial charge in [-0.2, -0.15) is 0 Å². The van der Waals surface area contributed by atoms with E-state index in [-0.39, 0.29) is 11.8 Å². The molecule has 0 spiro atoms. The summed E-state index contributed by atoms with van der Waals surface area (Å²) >= 11 is 7.97. The minimum atomic E-state index is -0.533. The molecule has 3 nitrogen and oxygen atoms in total. The van der Waals surface area contributed by atoms with Crippen LogP contribution in [-0.2, 0) is 0 Å². The van der Waals surface area contributed by atoms with Crippen LogP contribution in [-0.4, -0.2) is 38.5 Å². The molecule has 2 N–H and O–H groups in total. The Labute approximate surface area is 170 Å². The lowest BCUT2D eigenvalue weighted by Crippen LogP contribution is -2.50. The van der Waals surface area contributed by atoms with Gasteiger partial charge in [-0.15, -0.1) is 11.8 Å². The lowest BCUT2D eigenvalue weighted by atomic mass is 9.95. The Bertz CT molecular complexity index is 753. The van der Waals surface area contributed by atoms with Crippen LogP contribution in [0.2, 0.25) is 5.02 Å². The van der Waals surface area contributed by atoms with E-state index >= 15 is 0 Å². The number of aliphatic hydroxyl groups excluding tert-OH is 1. The highest BCUT2D eigenvalue weighted by Crippen LogP contribution is 2.44. The molecule has 27 heavy (non-hydrogen) atoms. The molecule has 0 saturated carbocycles. The molecule has 2 fully saturated rings. The van der Waals surface area contributed by atoms with Crippen molar-refractivity contribution < 1.29 is 10.2 Å². The van der Waals surface area contributed by atoms with Crippen molar-refractivity contribution in [3.63, 3.8) is 0 Å². The number of halogens is 1. The fraction of sp³-hybridized carbons (Fsp3) is 0.455. The van der Waals surface area contributed by atoms with E-state index in [0.29, 0.717) is 17.3 Å². The third kappa shape index (κ3) is 4.14. The van der Waals surface area contributed by atoms with Gasteiger partial charge in [-0.1, -0.05) is 23.7 Å². The third-order valence-electron chi connectivity index (χ3n) is 6.02. The largest absolute Gasteiger partial charge is 0.508 e. The summed E-state index contributed by atoms with van der Waals surface area (Å²) in [5.74, 6) is 0.235. The van der Waals surface area contributed by atoms with Gasteiger partial charge in [0.1, 0.15) is 5.75 Å². The molecule has 2 bridgehead atoms. The van der Waals surface area contributed by atoms with E-state index in [1.165, 1.54) is 17.7 Å². The number of hydrogen-bond acceptors (Lipinski definition) is 4. The third-order valence-corrected chi connectivity index (χ3v) is 7.54. The van der Waals surface area contributed by atoms with E-state index in [4.69, 9.17) is 11.6 Å². The van der Waals surface area contributed by atoms with Gasteiger partial charge in [0, 0.05) is 33.3 Å². The van der Waals surface area contributed by atoms with E-state index in [2.05, 4.69) is 24.0 Å². The summed E-state index contributed by atoms with van der Waals surface area (Å²) in [6, 6.07) is 16.2. The summed E-state index contributed by atoms with van der Waals surface area (Å²) in [5, 5.41) is 21.8. The maximum absolute atomic E-state index is 10.9. The topological polar surface area (TPSA) is 43.7 Å². The number of rotatable bonds is 5. The van der Waals surface area contributed by atoms with Crippen LogP contribution >= 0.6 is 23.4 Å². The first-order valence-electron chi connectivity index (χ1n) is 9.68. The fourth-order valence-corrected chi connectivity index (χ4v) is 6.18. The highest BCUT2D eigenvalue weighted by molar-refractivity contribution is 8.00. The van der Waals surface area contributed by atoms with Gasteiger partial charge < -0.3 is 10.2 Å². The molecular formula is C22H26ClNO2S.